The standard InChI is InChI=1S/C17H15ClO2/c1-12(11-17(19)20)10-13-2-4-14(5-3-13)15-6-8-16(18)9-7-15/h2-9,11H,10H2,1H3,(H,19,20)/b12-11+. The molecule has 102 valence electrons. The minimum Gasteiger partial charge on any atom is -0.478 e. The van der Waals surface area contributed by atoms with Crippen LogP contribution in [-0.2, 0) is 11.2 Å². The monoisotopic (exact) mass is 286 g/mol. The van der Waals surface area contributed by atoms with Gasteiger partial charge in [0.1, 0.15) is 0 Å². The first-order valence-electron chi connectivity index (χ1n) is 6.29. The molecule has 0 unspecified atom stereocenters. The summed E-state index contributed by atoms with van der Waals surface area (Å²) in [5.74, 6) is -0.903. The number of halogens is 1. The van der Waals surface area contributed by atoms with Crippen LogP contribution in [0.2, 0.25) is 5.02 Å². The molecule has 1 N–H and O–H groups in total. The summed E-state index contributed by atoms with van der Waals surface area (Å²) in [5, 5.41) is 9.41. The molecule has 2 rings (SSSR count). The Kier molecular flexibility index (Phi) is 4.59. The Morgan fingerprint density at radius 3 is 2.05 bits per heavy atom. The molecule has 0 aliphatic rings. The van der Waals surface area contributed by atoms with E-state index in [1.807, 2.05) is 55.5 Å². The number of hydrogen-bond acceptors (Lipinski definition) is 1. The van der Waals surface area contributed by atoms with Gasteiger partial charge in [0.2, 0.25) is 0 Å². The van der Waals surface area contributed by atoms with Gasteiger partial charge in [0.15, 0.2) is 0 Å². The molecular formula is C17H15ClO2. The number of benzene rings is 2. The maximum absolute atomic E-state index is 10.6. The SMILES string of the molecule is C/C(=C\C(=O)O)Cc1ccc(-c2ccc(Cl)cc2)cc1. The van der Waals surface area contributed by atoms with Gasteiger partial charge in [0.05, 0.1) is 0 Å². The molecule has 2 aromatic rings. The summed E-state index contributed by atoms with van der Waals surface area (Å²) < 4.78 is 0. The van der Waals surface area contributed by atoms with Crippen LogP contribution in [0.4, 0.5) is 0 Å². The lowest BCUT2D eigenvalue weighted by Crippen LogP contribution is -1.93. The van der Waals surface area contributed by atoms with Gasteiger partial charge in [-0.05, 0) is 42.2 Å². The lowest BCUT2D eigenvalue weighted by Gasteiger charge is -2.05. The summed E-state index contributed by atoms with van der Waals surface area (Å²) in [6, 6.07) is 15.8. The van der Waals surface area contributed by atoms with Gasteiger partial charge in [-0.2, -0.15) is 0 Å². The topological polar surface area (TPSA) is 37.3 Å². The van der Waals surface area contributed by atoms with Crippen LogP contribution in [0.15, 0.2) is 60.2 Å². The maximum atomic E-state index is 10.6. The van der Waals surface area contributed by atoms with Crippen LogP contribution in [0, 0.1) is 0 Å². The van der Waals surface area contributed by atoms with Gasteiger partial charge in [0, 0.05) is 11.1 Å². The Labute approximate surface area is 123 Å². The minimum absolute atomic E-state index is 0.646. The predicted octanol–water partition coefficient (Wildman–Crippen LogP) is 4.58. The van der Waals surface area contributed by atoms with Crippen molar-refractivity contribution in [2.75, 3.05) is 0 Å². The molecule has 0 saturated heterocycles. The highest BCUT2D eigenvalue weighted by molar-refractivity contribution is 6.30. The quantitative estimate of drug-likeness (QED) is 0.835. The van der Waals surface area contributed by atoms with Gasteiger partial charge < -0.3 is 5.11 Å². The van der Waals surface area contributed by atoms with Crippen molar-refractivity contribution in [1.29, 1.82) is 0 Å². The summed E-state index contributed by atoms with van der Waals surface area (Å²) >= 11 is 5.87. The van der Waals surface area contributed by atoms with Gasteiger partial charge in [-0.3, -0.25) is 0 Å². The van der Waals surface area contributed by atoms with E-state index in [0.717, 1.165) is 27.3 Å². The molecule has 3 heteroatoms. The first-order valence-corrected chi connectivity index (χ1v) is 6.67. The molecule has 0 aliphatic carbocycles. The summed E-state index contributed by atoms with van der Waals surface area (Å²) in [5.41, 5.74) is 4.15. The molecular weight excluding hydrogens is 272 g/mol. The zero-order valence-corrected chi connectivity index (χ0v) is 11.9. The van der Waals surface area contributed by atoms with Crippen LogP contribution in [0.5, 0.6) is 0 Å². The molecule has 0 heterocycles. The smallest absolute Gasteiger partial charge is 0.328 e. The first-order chi connectivity index (χ1) is 9.54. The first kappa shape index (κ1) is 14.4. The van der Waals surface area contributed by atoms with E-state index in [-0.39, 0.29) is 0 Å². The molecule has 0 aromatic heterocycles. The van der Waals surface area contributed by atoms with Crippen molar-refractivity contribution in [1.82, 2.24) is 0 Å². The van der Waals surface area contributed by atoms with Gasteiger partial charge in [-0.15, -0.1) is 0 Å². The van der Waals surface area contributed by atoms with Crippen LogP contribution < -0.4 is 0 Å². The van der Waals surface area contributed by atoms with Crippen LogP contribution in [0.25, 0.3) is 11.1 Å². The van der Waals surface area contributed by atoms with E-state index >= 15 is 0 Å². The second kappa shape index (κ2) is 6.40. The highest BCUT2D eigenvalue weighted by Gasteiger charge is 2.00. The summed E-state index contributed by atoms with van der Waals surface area (Å²) in [6.07, 6.45) is 1.89. The number of aliphatic carboxylic acids is 1. The van der Waals surface area contributed by atoms with Crippen molar-refractivity contribution < 1.29 is 9.90 Å². The summed E-state index contributed by atoms with van der Waals surface area (Å²) in [6.45, 7) is 1.82. The lowest BCUT2D eigenvalue weighted by molar-refractivity contribution is -0.131. The third kappa shape index (κ3) is 3.97. The number of carbonyl (C=O) groups is 1. The van der Waals surface area contributed by atoms with E-state index in [0.29, 0.717) is 6.42 Å². The fraction of sp³-hybridized carbons (Fsp3) is 0.118. The van der Waals surface area contributed by atoms with Crippen LogP contribution in [0.3, 0.4) is 0 Å². The highest BCUT2D eigenvalue weighted by Crippen LogP contribution is 2.22. The lowest BCUT2D eigenvalue weighted by atomic mass is 10.0. The number of allylic oxidation sites excluding steroid dienone is 1. The minimum atomic E-state index is -0.903. The van der Waals surface area contributed by atoms with Gasteiger partial charge in [0.25, 0.3) is 0 Å². The van der Waals surface area contributed by atoms with Crippen LogP contribution in [-0.4, -0.2) is 11.1 Å². The largest absolute Gasteiger partial charge is 0.478 e. The fourth-order valence-electron chi connectivity index (χ4n) is 2.04. The van der Waals surface area contributed by atoms with E-state index in [1.54, 1.807) is 0 Å². The summed E-state index contributed by atoms with van der Waals surface area (Å²) in [7, 11) is 0. The molecule has 0 bridgehead atoms. The van der Waals surface area contributed by atoms with Crippen molar-refractivity contribution >= 4 is 17.6 Å². The number of carboxylic acids is 1. The van der Waals surface area contributed by atoms with E-state index in [2.05, 4.69) is 0 Å². The van der Waals surface area contributed by atoms with Crippen molar-refractivity contribution in [3.8, 4) is 11.1 Å². The second-order valence-corrected chi connectivity index (χ2v) is 5.15. The Balaban J connectivity index is 2.14. The molecule has 0 amide bonds. The van der Waals surface area contributed by atoms with Crippen molar-refractivity contribution in [3.63, 3.8) is 0 Å². The molecule has 0 aliphatic heterocycles. The summed E-state index contributed by atoms with van der Waals surface area (Å²) in [4.78, 5) is 10.6. The average molecular weight is 287 g/mol. The molecule has 2 nitrogen and oxygen atoms in total. The normalized spacial score (nSPS) is 11.4. The van der Waals surface area contributed by atoms with Gasteiger partial charge in [-0.25, -0.2) is 4.79 Å². The second-order valence-electron chi connectivity index (χ2n) is 4.71. The molecule has 0 spiro atoms. The fourth-order valence-corrected chi connectivity index (χ4v) is 2.17. The molecule has 0 radical (unpaired) electrons. The van der Waals surface area contributed by atoms with E-state index < -0.39 is 5.97 Å². The molecule has 0 saturated carbocycles. The maximum Gasteiger partial charge on any atom is 0.328 e. The third-order valence-corrected chi connectivity index (χ3v) is 3.24. The Morgan fingerprint density at radius 1 is 1.05 bits per heavy atom. The highest BCUT2D eigenvalue weighted by atomic mass is 35.5. The number of carboxylic acid groups (broad SMARTS) is 1. The predicted molar refractivity (Wildman–Crippen MR) is 82.0 cm³/mol. The number of hydrogen-bond donors (Lipinski definition) is 1. The molecule has 2 aromatic carbocycles. The van der Waals surface area contributed by atoms with E-state index in [4.69, 9.17) is 16.7 Å². The zero-order chi connectivity index (χ0) is 14.5. The van der Waals surface area contributed by atoms with Gasteiger partial charge in [-0.1, -0.05) is 53.6 Å². The van der Waals surface area contributed by atoms with Crippen molar-refractivity contribution in [2.45, 2.75) is 13.3 Å². The van der Waals surface area contributed by atoms with Crippen molar-refractivity contribution in [3.05, 3.63) is 70.8 Å². The Bertz CT molecular complexity index is 625. The average Bonchev–Trinajstić information content (AvgIpc) is 2.39. The molecule has 0 atom stereocenters. The van der Waals surface area contributed by atoms with Crippen LogP contribution in [0.1, 0.15) is 12.5 Å². The number of rotatable bonds is 4. The van der Waals surface area contributed by atoms with Gasteiger partial charge >= 0.3 is 5.97 Å². The van der Waals surface area contributed by atoms with E-state index in [1.165, 1.54) is 6.08 Å². The van der Waals surface area contributed by atoms with E-state index in [9.17, 15) is 4.79 Å². The third-order valence-electron chi connectivity index (χ3n) is 2.98. The molecule has 0 fully saturated rings. The van der Waals surface area contributed by atoms with Crippen molar-refractivity contribution in [2.24, 2.45) is 0 Å². The van der Waals surface area contributed by atoms with Crippen LogP contribution >= 0.6 is 11.6 Å². The Morgan fingerprint density at radius 2 is 1.55 bits per heavy atom. The Hall–Kier alpha value is -2.06. The zero-order valence-electron chi connectivity index (χ0n) is 11.1. The molecule has 20 heavy (non-hydrogen) atoms.